The van der Waals surface area contributed by atoms with Crippen molar-refractivity contribution in [2.24, 2.45) is 27.1 Å². The number of nitrogens with one attached hydrogen (secondary N) is 1. The van der Waals surface area contributed by atoms with Gasteiger partial charge in [0.2, 0.25) is 5.96 Å². The van der Waals surface area contributed by atoms with Gasteiger partial charge in [-0.3, -0.25) is 4.79 Å². The molecule has 27 heavy (non-hydrogen) atoms. The van der Waals surface area contributed by atoms with E-state index >= 15 is 0 Å². The number of rotatable bonds is 3. The molecule has 0 atom stereocenters. The van der Waals surface area contributed by atoms with Gasteiger partial charge in [-0.1, -0.05) is 31.5 Å². The molecule has 3 rings (SSSR count). The number of guanidine groups is 1. The molecule has 0 spiro atoms. The summed E-state index contributed by atoms with van der Waals surface area (Å²) in [6.45, 7) is 6.04. The van der Waals surface area contributed by atoms with Crippen molar-refractivity contribution in [3.8, 4) is 0 Å². The Morgan fingerprint density at radius 3 is 2.70 bits per heavy atom. The molecule has 0 unspecified atom stereocenters. The van der Waals surface area contributed by atoms with E-state index in [1.165, 1.54) is 0 Å². The minimum absolute atomic E-state index is 0.0876. The molecule has 0 saturated carbocycles. The molecule has 1 amide bonds. The molecular formula is C19H22ClN5O2. The lowest BCUT2D eigenvalue weighted by atomic mass is 9.75. The molecule has 1 aromatic carbocycles. The van der Waals surface area contributed by atoms with E-state index < -0.39 is 0 Å². The van der Waals surface area contributed by atoms with Crippen LogP contribution >= 0.6 is 11.6 Å². The molecule has 2 aromatic rings. The van der Waals surface area contributed by atoms with Crippen LogP contribution in [0.4, 0.5) is 5.69 Å². The van der Waals surface area contributed by atoms with E-state index in [2.05, 4.69) is 29.4 Å². The summed E-state index contributed by atoms with van der Waals surface area (Å²) in [5.74, 6) is 0.496. The second kappa shape index (κ2) is 7.08. The maximum atomic E-state index is 12.7. The molecule has 0 bridgehead atoms. The number of carbonyl (C=O) groups excluding carboxylic acids is 1. The first-order valence-corrected chi connectivity index (χ1v) is 8.89. The molecule has 142 valence electrons. The Morgan fingerprint density at radius 1 is 1.30 bits per heavy atom. The summed E-state index contributed by atoms with van der Waals surface area (Å²) >= 11 is 5.98. The Morgan fingerprint density at radius 2 is 2.04 bits per heavy atom. The summed E-state index contributed by atoms with van der Waals surface area (Å²) in [5.41, 5.74) is 13.5. The standard InChI is InChI=1S/C19H22ClN5O2/c1-10-15-13(24-25-18(21)22)8-19(2,3)9-14(15)27-16(10)17(26)23-12-6-4-5-11(20)7-12/h4-7H,8-9H2,1-3H3,(H,23,26)(H4,21,22,25)/b24-13-. The van der Waals surface area contributed by atoms with Crippen molar-refractivity contribution < 1.29 is 9.21 Å². The first-order chi connectivity index (χ1) is 12.7. The highest BCUT2D eigenvalue weighted by Crippen LogP contribution is 2.39. The highest BCUT2D eigenvalue weighted by Gasteiger charge is 2.36. The van der Waals surface area contributed by atoms with Crippen LogP contribution in [0, 0.1) is 12.3 Å². The third kappa shape index (κ3) is 4.14. The number of hydrogen-bond donors (Lipinski definition) is 3. The quantitative estimate of drug-likeness (QED) is 0.424. The van der Waals surface area contributed by atoms with Gasteiger partial charge in [-0.15, -0.1) is 5.10 Å². The maximum absolute atomic E-state index is 12.7. The molecule has 1 aliphatic rings. The Labute approximate surface area is 162 Å². The lowest BCUT2D eigenvalue weighted by molar-refractivity contribution is 0.0993. The zero-order chi connectivity index (χ0) is 19.8. The van der Waals surface area contributed by atoms with Crippen molar-refractivity contribution in [2.75, 3.05) is 5.32 Å². The average Bonchev–Trinajstić information content (AvgIpc) is 2.88. The second-order valence-corrected chi connectivity index (χ2v) is 7.84. The van der Waals surface area contributed by atoms with Crippen LogP contribution in [0.25, 0.3) is 0 Å². The topological polar surface area (TPSA) is 119 Å². The predicted octanol–water partition coefficient (Wildman–Crippen LogP) is 3.44. The number of furan rings is 1. The monoisotopic (exact) mass is 387 g/mol. The van der Waals surface area contributed by atoms with Crippen molar-refractivity contribution in [1.29, 1.82) is 0 Å². The van der Waals surface area contributed by atoms with E-state index in [1.54, 1.807) is 24.3 Å². The van der Waals surface area contributed by atoms with Crippen molar-refractivity contribution in [3.05, 3.63) is 51.9 Å². The number of benzene rings is 1. The number of amides is 1. The van der Waals surface area contributed by atoms with Crippen LogP contribution in [0.3, 0.4) is 0 Å². The highest BCUT2D eigenvalue weighted by atomic mass is 35.5. The largest absolute Gasteiger partial charge is 0.455 e. The second-order valence-electron chi connectivity index (χ2n) is 7.41. The van der Waals surface area contributed by atoms with Gasteiger partial charge in [0, 0.05) is 28.3 Å². The fraction of sp³-hybridized carbons (Fsp3) is 0.316. The number of hydrogen-bond acceptors (Lipinski definition) is 4. The normalized spacial score (nSPS) is 16.7. The van der Waals surface area contributed by atoms with Crippen LogP contribution < -0.4 is 16.8 Å². The number of halogens is 1. The molecule has 0 fully saturated rings. The van der Waals surface area contributed by atoms with Gasteiger partial charge in [-0.2, -0.15) is 5.10 Å². The molecule has 0 saturated heterocycles. The van der Waals surface area contributed by atoms with E-state index in [0.29, 0.717) is 40.6 Å². The Kier molecular flexibility index (Phi) is 4.97. The van der Waals surface area contributed by atoms with Crippen LogP contribution in [-0.4, -0.2) is 17.6 Å². The molecule has 7 nitrogen and oxygen atoms in total. The number of fused-ring (bicyclic) bond motifs is 1. The first-order valence-electron chi connectivity index (χ1n) is 8.51. The molecule has 1 aromatic heterocycles. The van der Waals surface area contributed by atoms with Crippen LogP contribution in [0.5, 0.6) is 0 Å². The summed E-state index contributed by atoms with van der Waals surface area (Å²) < 4.78 is 5.94. The number of nitrogens with zero attached hydrogens (tertiary/aromatic N) is 2. The third-order valence-electron chi connectivity index (χ3n) is 4.37. The number of nitrogens with two attached hydrogens (primary N) is 2. The molecule has 0 aliphatic heterocycles. The smallest absolute Gasteiger partial charge is 0.291 e. The lowest BCUT2D eigenvalue weighted by Gasteiger charge is -2.29. The van der Waals surface area contributed by atoms with E-state index in [9.17, 15) is 4.79 Å². The molecule has 1 heterocycles. The SMILES string of the molecule is Cc1c(C(=O)Nc2cccc(Cl)c2)oc2c1/C(=N\N=C(N)N)CC(C)(C)C2. The lowest BCUT2D eigenvalue weighted by Crippen LogP contribution is -2.27. The Balaban J connectivity index is 1.99. The van der Waals surface area contributed by atoms with Crippen molar-refractivity contribution in [1.82, 2.24) is 0 Å². The van der Waals surface area contributed by atoms with Crippen LogP contribution in [-0.2, 0) is 6.42 Å². The predicted molar refractivity (Wildman–Crippen MR) is 107 cm³/mol. The highest BCUT2D eigenvalue weighted by molar-refractivity contribution is 6.31. The summed E-state index contributed by atoms with van der Waals surface area (Å²) in [4.78, 5) is 12.7. The number of carbonyl (C=O) groups is 1. The average molecular weight is 388 g/mol. The molecule has 5 N–H and O–H groups in total. The molecule has 8 heteroatoms. The van der Waals surface area contributed by atoms with E-state index in [4.69, 9.17) is 27.5 Å². The van der Waals surface area contributed by atoms with E-state index in [1.807, 2.05) is 6.92 Å². The van der Waals surface area contributed by atoms with Gasteiger partial charge in [0.15, 0.2) is 5.76 Å². The Hall–Kier alpha value is -2.80. The zero-order valence-electron chi connectivity index (χ0n) is 15.5. The van der Waals surface area contributed by atoms with Gasteiger partial charge in [-0.25, -0.2) is 0 Å². The van der Waals surface area contributed by atoms with Crippen LogP contribution in [0.1, 0.15) is 47.7 Å². The van der Waals surface area contributed by atoms with Gasteiger partial charge in [0.25, 0.3) is 5.91 Å². The van der Waals surface area contributed by atoms with Crippen LogP contribution in [0.15, 0.2) is 38.9 Å². The van der Waals surface area contributed by atoms with Crippen molar-refractivity contribution in [2.45, 2.75) is 33.6 Å². The minimum Gasteiger partial charge on any atom is -0.455 e. The zero-order valence-corrected chi connectivity index (χ0v) is 16.2. The van der Waals surface area contributed by atoms with Gasteiger partial charge in [-0.05, 0) is 37.0 Å². The number of anilines is 1. The van der Waals surface area contributed by atoms with Crippen molar-refractivity contribution >= 4 is 34.9 Å². The Bertz CT molecular complexity index is 955. The summed E-state index contributed by atoms with van der Waals surface area (Å²) in [7, 11) is 0. The van der Waals surface area contributed by atoms with Gasteiger partial charge < -0.3 is 21.2 Å². The van der Waals surface area contributed by atoms with E-state index in [0.717, 1.165) is 5.56 Å². The molecule has 0 radical (unpaired) electrons. The van der Waals surface area contributed by atoms with E-state index in [-0.39, 0.29) is 23.0 Å². The first kappa shape index (κ1) is 19.0. The summed E-state index contributed by atoms with van der Waals surface area (Å²) in [5, 5.41) is 11.3. The van der Waals surface area contributed by atoms with Gasteiger partial charge >= 0.3 is 0 Å². The molecular weight excluding hydrogens is 366 g/mol. The van der Waals surface area contributed by atoms with Crippen molar-refractivity contribution in [3.63, 3.8) is 0 Å². The van der Waals surface area contributed by atoms with Gasteiger partial charge in [0.05, 0.1) is 5.71 Å². The molecule has 1 aliphatic carbocycles. The summed E-state index contributed by atoms with van der Waals surface area (Å²) in [6, 6.07) is 6.94. The summed E-state index contributed by atoms with van der Waals surface area (Å²) in [6.07, 6.45) is 1.36. The van der Waals surface area contributed by atoms with Gasteiger partial charge in [0.1, 0.15) is 5.76 Å². The fourth-order valence-electron chi connectivity index (χ4n) is 3.29. The minimum atomic E-state index is -0.344. The fourth-order valence-corrected chi connectivity index (χ4v) is 3.48. The van der Waals surface area contributed by atoms with Crippen LogP contribution in [0.2, 0.25) is 5.02 Å². The maximum Gasteiger partial charge on any atom is 0.291 e. The third-order valence-corrected chi connectivity index (χ3v) is 4.60.